The van der Waals surface area contributed by atoms with Gasteiger partial charge in [-0.2, -0.15) is 0 Å². The standard InChI is InChI=1S/C22H27ClN6/c1-27-10-12-29(13-11-27)18-6-8-28(9-7-18)17-4-2-16(3-5-17)20-14-19-21(23)24-15-25-22(19)26-20/h2-5,14-15,18H,6-13H2,1H3,(H,24,25,26). The molecule has 0 radical (unpaired) electrons. The summed E-state index contributed by atoms with van der Waals surface area (Å²) < 4.78 is 0. The van der Waals surface area contributed by atoms with Crippen LogP contribution in [0.2, 0.25) is 5.15 Å². The predicted molar refractivity (Wildman–Crippen MR) is 119 cm³/mol. The molecule has 5 rings (SSSR count). The van der Waals surface area contributed by atoms with Crippen molar-refractivity contribution in [3.8, 4) is 11.3 Å². The number of hydrogen-bond donors (Lipinski definition) is 1. The first-order valence-corrected chi connectivity index (χ1v) is 10.8. The maximum atomic E-state index is 6.18. The van der Waals surface area contributed by atoms with Gasteiger partial charge in [0.1, 0.15) is 17.1 Å². The molecule has 152 valence electrons. The van der Waals surface area contributed by atoms with E-state index in [0.717, 1.165) is 41.4 Å². The van der Waals surface area contributed by atoms with Crippen molar-refractivity contribution >= 4 is 28.3 Å². The Morgan fingerprint density at radius 3 is 2.38 bits per heavy atom. The minimum absolute atomic E-state index is 0.484. The molecule has 1 aromatic carbocycles. The monoisotopic (exact) mass is 410 g/mol. The molecule has 29 heavy (non-hydrogen) atoms. The van der Waals surface area contributed by atoms with Crippen molar-refractivity contribution in [1.29, 1.82) is 0 Å². The fourth-order valence-corrected chi connectivity index (χ4v) is 4.78. The van der Waals surface area contributed by atoms with Gasteiger partial charge in [-0.1, -0.05) is 23.7 Å². The predicted octanol–water partition coefficient (Wildman–Crippen LogP) is 3.49. The fourth-order valence-electron chi connectivity index (χ4n) is 4.59. The average molecular weight is 411 g/mol. The summed E-state index contributed by atoms with van der Waals surface area (Å²) in [7, 11) is 2.22. The van der Waals surface area contributed by atoms with Gasteiger partial charge in [-0.25, -0.2) is 9.97 Å². The Bertz CT molecular complexity index is 969. The number of benzene rings is 1. The second-order valence-electron chi connectivity index (χ2n) is 8.21. The molecule has 0 atom stereocenters. The van der Waals surface area contributed by atoms with Gasteiger partial charge in [-0.05, 0) is 43.7 Å². The summed E-state index contributed by atoms with van der Waals surface area (Å²) >= 11 is 6.18. The number of fused-ring (bicyclic) bond motifs is 1. The maximum absolute atomic E-state index is 6.18. The van der Waals surface area contributed by atoms with Crippen LogP contribution in [0, 0.1) is 0 Å². The normalized spacial score (nSPS) is 19.9. The van der Waals surface area contributed by atoms with Gasteiger partial charge in [-0.15, -0.1) is 0 Å². The van der Waals surface area contributed by atoms with E-state index in [0.29, 0.717) is 5.15 Å². The summed E-state index contributed by atoms with van der Waals surface area (Å²) in [5.74, 6) is 0. The highest BCUT2D eigenvalue weighted by molar-refractivity contribution is 6.34. The Kier molecular flexibility index (Phi) is 5.16. The number of nitrogens with one attached hydrogen (secondary N) is 1. The van der Waals surface area contributed by atoms with Crippen molar-refractivity contribution in [2.75, 3.05) is 51.2 Å². The van der Waals surface area contributed by atoms with Crippen LogP contribution in [0.15, 0.2) is 36.7 Å². The van der Waals surface area contributed by atoms with Gasteiger partial charge >= 0.3 is 0 Å². The molecule has 0 aliphatic carbocycles. The number of piperidine rings is 1. The highest BCUT2D eigenvalue weighted by Gasteiger charge is 2.26. The Morgan fingerprint density at radius 2 is 1.69 bits per heavy atom. The number of rotatable bonds is 3. The molecule has 3 aromatic rings. The van der Waals surface area contributed by atoms with Crippen LogP contribution < -0.4 is 4.90 Å². The molecular formula is C22H27ClN6. The summed E-state index contributed by atoms with van der Waals surface area (Å²) in [6.45, 7) is 7.10. The van der Waals surface area contributed by atoms with E-state index >= 15 is 0 Å². The van der Waals surface area contributed by atoms with E-state index in [1.165, 1.54) is 51.0 Å². The number of aromatic amines is 1. The third kappa shape index (κ3) is 3.84. The van der Waals surface area contributed by atoms with Gasteiger partial charge in [-0.3, -0.25) is 4.90 Å². The number of H-pyrrole nitrogens is 1. The minimum atomic E-state index is 0.484. The number of piperazine rings is 1. The van der Waals surface area contributed by atoms with Gasteiger partial charge in [0.25, 0.3) is 0 Å². The zero-order valence-electron chi connectivity index (χ0n) is 16.8. The van der Waals surface area contributed by atoms with Crippen LogP contribution in [-0.4, -0.2) is 77.1 Å². The summed E-state index contributed by atoms with van der Waals surface area (Å²) in [6, 6.07) is 11.6. The number of hydrogen-bond acceptors (Lipinski definition) is 5. The summed E-state index contributed by atoms with van der Waals surface area (Å²) in [5.41, 5.74) is 4.23. The lowest BCUT2D eigenvalue weighted by Gasteiger charge is -2.42. The van der Waals surface area contributed by atoms with Crippen LogP contribution in [0.25, 0.3) is 22.3 Å². The van der Waals surface area contributed by atoms with Crippen molar-refractivity contribution in [3.63, 3.8) is 0 Å². The Morgan fingerprint density at radius 1 is 0.966 bits per heavy atom. The van der Waals surface area contributed by atoms with Crippen LogP contribution in [0.4, 0.5) is 5.69 Å². The van der Waals surface area contributed by atoms with Crippen molar-refractivity contribution in [1.82, 2.24) is 24.8 Å². The molecule has 2 saturated heterocycles. The van der Waals surface area contributed by atoms with Crippen molar-refractivity contribution in [2.24, 2.45) is 0 Å². The number of halogens is 1. The van der Waals surface area contributed by atoms with E-state index in [4.69, 9.17) is 11.6 Å². The van der Waals surface area contributed by atoms with E-state index in [1.54, 1.807) is 0 Å². The molecular weight excluding hydrogens is 384 g/mol. The number of likely N-dealkylation sites (N-methyl/N-ethyl adjacent to an activating group) is 1. The maximum Gasteiger partial charge on any atom is 0.142 e. The van der Waals surface area contributed by atoms with Gasteiger partial charge in [0.05, 0.1) is 5.39 Å². The lowest BCUT2D eigenvalue weighted by molar-refractivity contribution is 0.0982. The van der Waals surface area contributed by atoms with Crippen molar-refractivity contribution in [2.45, 2.75) is 18.9 Å². The van der Waals surface area contributed by atoms with Crippen molar-refractivity contribution in [3.05, 3.63) is 41.8 Å². The average Bonchev–Trinajstić information content (AvgIpc) is 3.21. The molecule has 1 N–H and O–H groups in total. The van der Waals surface area contributed by atoms with Crippen LogP contribution in [0.1, 0.15) is 12.8 Å². The summed E-state index contributed by atoms with van der Waals surface area (Å²) in [4.78, 5) is 19.3. The Labute approximate surface area is 176 Å². The molecule has 2 aliphatic rings. The molecule has 6 nitrogen and oxygen atoms in total. The topological polar surface area (TPSA) is 51.3 Å². The van der Waals surface area contributed by atoms with E-state index < -0.39 is 0 Å². The SMILES string of the molecule is CN1CCN(C2CCN(c3ccc(-c4cc5c(Cl)ncnc5[nH]4)cc3)CC2)CC1. The zero-order valence-corrected chi connectivity index (χ0v) is 17.6. The van der Waals surface area contributed by atoms with Crippen molar-refractivity contribution < 1.29 is 0 Å². The first-order valence-electron chi connectivity index (χ1n) is 10.4. The first kappa shape index (κ1) is 18.9. The highest BCUT2D eigenvalue weighted by Crippen LogP contribution is 2.29. The molecule has 0 bridgehead atoms. The van der Waals surface area contributed by atoms with Crippen LogP contribution in [0.5, 0.6) is 0 Å². The van der Waals surface area contributed by atoms with Gasteiger partial charge in [0, 0.05) is 56.7 Å². The first-order chi connectivity index (χ1) is 14.2. The Hall–Kier alpha value is -2.15. The van der Waals surface area contributed by atoms with Crippen LogP contribution in [-0.2, 0) is 0 Å². The second-order valence-corrected chi connectivity index (χ2v) is 8.57. The number of aromatic nitrogens is 3. The zero-order chi connectivity index (χ0) is 19.8. The van der Waals surface area contributed by atoms with Gasteiger partial charge in [0.2, 0.25) is 0 Å². The highest BCUT2D eigenvalue weighted by atomic mass is 35.5. The van der Waals surface area contributed by atoms with Crippen LogP contribution >= 0.6 is 11.6 Å². The molecule has 0 amide bonds. The van der Waals surface area contributed by atoms with E-state index in [1.807, 2.05) is 6.07 Å². The molecule has 2 fully saturated rings. The fraction of sp³-hybridized carbons (Fsp3) is 0.455. The molecule has 2 aromatic heterocycles. The molecule has 0 saturated carbocycles. The Balaban J connectivity index is 1.24. The van der Waals surface area contributed by atoms with Crippen LogP contribution in [0.3, 0.4) is 0 Å². The third-order valence-electron chi connectivity index (χ3n) is 6.44. The third-order valence-corrected chi connectivity index (χ3v) is 6.74. The van der Waals surface area contributed by atoms with Gasteiger partial charge in [0.15, 0.2) is 0 Å². The summed E-state index contributed by atoms with van der Waals surface area (Å²) in [6.07, 6.45) is 4.00. The largest absolute Gasteiger partial charge is 0.371 e. The summed E-state index contributed by atoms with van der Waals surface area (Å²) in [5, 5.41) is 1.34. The van der Waals surface area contributed by atoms with E-state index in [-0.39, 0.29) is 0 Å². The molecule has 7 heteroatoms. The quantitative estimate of drug-likeness (QED) is 0.670. The van der Waals surface area contributed by atoms with E-state index in [9.17, 15) is 0 Å². The minimum Gasteiger partial charge on any atom is -0.371 e. The molecule has 2 aliphatic heterocycles. The second kappa shape index (κ2) is 7.94. The lowest BCUT2D eigenvalue weighted by atomic mass is 10.0. The lowest BCUT2D eigenvalue weighted by Crippen LogP contribution is -2.52. The molecule has 0 spiro atoms. The number of nitrogens with zero attached hydrogens (tertiary/aromatic N) is 5. The molecule has 0 unspecified atom stereocenters. The number of anilines is 1. The van der Waals surface area contributed by atoms with E-state index in [2.05, 4.69) is 61.0 Å². The smallest absolute Gasteiger partial charge is 0.142 e. The van der Waals surface area contributed by atoms with Gasteiger partial charge < -0.3 is 14.8 Å². The molecule has 4 heterocycles.